The second-order valence-electron chi connectivity index (χ2n) is 5.03. The van der Waals surface area contributed by atoms with Crippen molar-refractivity contribution < 1.29 is 9.90 Å². The third-order valence-corrected chi connectivity index (χ3v) is 3.68. The zero-order valence-electron chi connectivity index (χ0n) is 10.7. The molecule has 1 fully saturated rings. The highest BCUT2D eigenvalue weighted by atomic mass is 35.5. The van der Waals surface area contributed by atoms with E-state index in [0.29, 0.717) is 11.6 Å². The van der Waals surface area contributed by atoms with Gasteiger partial charge in [-0.2, -0.15) is 0 Å². The maximum absolute atomic E-state index is 11.6. The van der Waals surface area contributed by atoms with Crippen LogP contribution in [0.5, 0.6) is 0 Å². The summed E-state index contributed by atoms with van der Waals surface area (Å²) < 4.78 is 0. The van der Waals surface area contributed by atoms with Crippen LogP contribution in [-0.2, 0) is 4.79 Å². The van der Waals surface area contributed by atoms with Crippen LogP contribution >= 0.6 is 11.6 Å². The highest BCUT2D eigenvalue weighted by molar-refractivity contribution is 6.30. The molecular formula is C15H18ClNO2. The Balaban J connectivity index is 1.82. The van der Waals surface area contributed by atoms with Crippen molar-refractivity contribution in [3.8, 4) is 0 Å². The van der Waals surface area contributed by atoms with Gasteiger partial charge in [-0.15, -0.1) is 0 Å². The third-order valence-electron chi connectivity index (χ3n) is 3.42. The Morgan fingerprint density at radius 1 is 1.32 bits per heavy atom. The monoisotopic (exact) mass is 279 g/mol. The average molecular weight is 280 g/mol. The topological polar surface area (TPSA) is 49.3 Å². The van der Waals surface area contributed by atoms with E-state index in [9.17, 15) is 9.90 Å². The minimum atomic E-state index is -0.705. The second kappa shape index (κ2) is 6.22. The van der Waals surface area contributed by atoms with E-state index in [1.807, 2.05) is 12.1 Å². The summed E-state index contributed by atoms with van der Waals surface area (Å²) in [6, 6.07) is 7.24. The fraction of sp³-hybridized carbons (Fsp3) is 0.400. The van der Waals surface area contributed by atoms with Gasteiger partial charge in [-0.1, -0.05) is 36.6 Å². The number of nitrogens with one attached hydrogen (secondary N) is 1. The van der Waals surface area contributed by atoms with Gasteiger partial charge in [0.2, 0.25) is 5.91 Å². The molecule has 0 heterocycles. The number of hydrogen-bond donors (Lipinski definition) is 2. The van der Waals surface area contributed by atoms with Crippen LogP contribution in [-0.4, -0.2) is 23.2 Å². The van der Waals surface area contributed by atoms with Gasteiger partial charge >= 0.3 is 0 Å². The smallest absolute Gasteiger partial charge is 0.244 e. The number of aliphatic hydroxyl groups is 1. The van der Waals surface area contributed by atoms with Crippen molar-refractivity contribution in [2.75, 3.05) is 6.54 Å². The Hall–Kier alpha value is -1.32. The van der Waals surface area contributed by atoms with Crippen LogP contribution in [0.15, 0.2) is 30.3 Å². The minimum Gasteiger partial charge on any atom is -0.388 e. The van der Waals surface area contributed by atoms with Crippen LogP contribution in [0.25, 0.3) is 6.08 Å². The summed E-state index contributed by atoms with van der Waals surface area (Å²) in [6.45, 7) is 0.330. The summed E-state index contributed by atoms with van der Waals surface area (Å²) in [5.41, 5.74) is 0.211. The van der Waals surface area contributed by atoms with Crippen LogP contribution in [0.2, 0.25) is 5.02 Å². The second-order valence-corrected chi connectivity index (χ2v) is 5.47. The lowest BCUT2D eigenvalue weighted by Crippen LogP contribution is -2.40. The van der Waals surface area contributed by atoms with Gasteiger partial charge in [0.25, 0.3) is 0 Å². The molecule has 1 amide bonds. The molecule has 19 heavy (non-hydrogen) atoms. The van der Waals surface area contributed by atoms with E-state index in [4.69, 9.17) is 11.6 Å². The van der Waals surface area contributed by atoms with Crippen LogP contribution in [0.3, 0.4) is 0 Å². The first kappa shape index (κ1) is 14.1. The number of benzene rings is 1. The molecule has 4 heteroatoms. The van der Waals surface area contributed by atoms with Crippen molar-refractivity contribution in [1.82, 2.24) is 5.32 Å². The predicted molar refractivity (Wildman–Crippen MR) is 76.9 cm³/mol. The summed E-state index contributed by atoms with van der Waals surface area (Å²) in [5, 5.41) is 13.5. The van der Waals surface area contributed by atoms with Crippen LogP contribution in [0, 0.1) is 0 Å². The average Bonchev–Trinajstić information content (AvgIpc) is 2.83. The lowest BCUT2D eigenvalue weighted by atomic mass is 10.0. The van der Waals surface area contributed by atoms with Gasteiger partial charge in [0, 0.05) is 17.6 Å². The van der Waals surface area contributed by atoms with E-state index in [1.54, 1.807) is 18.2 Å². The summed E-state index contributed by atoms with van der Waals surface area (Å²) in [4.78, 5) is 11.6. The molecule has 1 aliphatic carbocycles. The Kier molecular flexibility index (Phi) is 4.61. The lowest BCUT2D eigenvalue weighted by Gasteiger charge is -2.21. The molecule has 2 rings (SSSR count). The number of carbonyl (C=O) groups excluding carboxylic acids is 1. The number of amides is 1. The molecule has 0 radical (unpaired) electrons. The molecule has 0 bridgehead atoms. The maximum Gasteiger partial charge on any atom is 0.244 e. The first-order valence-corrected chi connectivity index (χ1v) is 6.89. The molecule has 0 saturated heterocycles. The number of carbonyl (C=O) groups is 1. The van der Waals surface area contributed by atoms with Gasteiger partial charge in [-0.25, -0.2) is 0 Å². The summed E-state index contributed by atoms with van der Waals surface area (Å²) >= 11 is 5.78. The lowest BCUT2D eigenvalue weighted by molar-refractivity contribution is -0.117. The zero-order valence-corrected chi connectivity index (χ0v) is 11.5. The molecular weight excluding hydrogens is 262 g/mol. The number of rotatable bonds is 4. The number of halogens is 1. The van der Waals surface area contributed by atoms with Crippen LogP contribution < -0.4 is 5.32 Å². The molecule has 3 nitrogen and oxygen atoms in total. The van der Waals surface area contributed by atoms with Crippen LogP contribution in [0.4, 0.5) is 0 Å². The summed E-state index contributed by atoms with van der Waals surface area (Å²) in [6.07, 6.45) is 6.81. The van der Waals surface area contributed by atoms with E-state index in [2.05, 4.69) is 5.32 Å². The van der Waals surface area contributed by atoms with Crippen molar-refractivity contribution in [3.05, 3.63) is 40.9 Å². The zero-order chi connectivity index (χ0) is 13.7. The van der Waals surface area contributed by atoms with Gasteiger partial charge in [-0.05, 0) is 36.6 Å². The van der Waals surface area contributed by atoms with Gasteiger partial charge < -0.3 is 10.4 Å². The Labute approximate surface area is 118 Å². The van der Waals surface area contributed by atoms with Crippen molar-refractivity contribution in [2.24, 2.45) is 0 Å². The predicted octanol–water partition coefficient (Wildman–Crippen LogP) is 2.77. The fourth-order valence-corrected chi connectivity index (χ4v) is 2.39. The van der Waals surface area contributed by atoms with E-state index >= 15 is 0 Å². The van der Waals surface area contributed by atoms with Crippen molar-refractivity contribution >= 4 is 23.6 Å². The molecule has 1 aromatic carbocycles. The first-order chi connectivity index (χ1) is 9.07. The largest absolute Gasteiger partial charge is 0.388 e. The Bertz CT molecular complexity index is 462. The Morgan fingerprint density at radius 2 is 1.95 bits per heavy atom. The van der Waals surface area contributed by atoms with Gasteiger partial charge in [-0.3, -0.25) is 4.79 Å². The first-order valence-electron chi connectivity index (χ1n) is 6.51. The fourth-order valence-electron chi connectivity index (χ4n) is 2.27. The van der Waals surface area contributed by atoms with E-state index in [-0.39, 0.29) is 5.91 Å². The molecule has 1 aliphatic rings. The van der Waals surface area contributed by atoms with Crippen molar-refractivity contribution in [1.29, 1.82) is 0 Å². The molecule has 102 valence electrons. The normalized spacial score (nSPS) is 17.8. The maximum atomic E-state index is 11.6. The molecule has 0 aliphatic heterocycles. The Morgan fingerprint density at radius 3 is 2.58 bits per heavy atom. The molecule has 0 spiro atoms. The minimum absolute atomic E-state index is 0.185. The standard InChI is InChI=1S/C15H18ClNO2/c16-13-6-3-12(4-7-13)5-8-14(18)17-11-15(19)9-1-2-10-15/h3-8,19H,1-2,9-11H2,(H,17,18)/b8-5+. The summed E-state index contributed by atoms with van der Waals surface area (Å²) in [7, 11) is 0. The molecule has 0 atom stereocenters. The molecule has 1 saturated carbocycles. The molecule has 0 unspecified atom stereocenters. The molecule has 1 aromatic rings. The molecule has 0 aromatic heterocycles. The van der Waals surface area contributed by atoms with E-state index in [1.165, 1.54) is 6.08 Å². The SMILES string of the molecule is O=C(/C=C/c1ccc(Cl)cc1)NCC1(O)CCCC1. The third kappa shape index (κ3) is 4.37. The summed E-state index contributed by atoms with van der Waals surface area (Å²) in [5.74, 6) is -0.185. The van der Waals surface area contributed by atoms with Crippen LogP contribution in [0.1, 0.15) is 31.2 Å². The van der Waals surface area contributed by atoms with E-state index in [0.717, 1.165) is 31.2 Å². The molecule has 2 N–H and O–H groups in total. The van der Waals surface area contributed by atoms with Gasteiger partial charge in [0.05, 0.1) is 5.60 Å². The van der Waals surface area contributed by atoms with Crippen molar-refractivity contribution in [3.63, 3.8) is 0 Å². The van der Waals surface area contributed by atoms with Gasteiger partial charge in [0.15, 0.2) is 0 Å². The highest BCUT2D eigenvalue weighted by Gasteiger charge is 2.30. The highest BCUT2D eigenvalue weighted by Crippen LogP contribution is 2.28. The van der Waals surface area contributed by atoms with E-state index < -0.39 is 5.60 Å². The quantitative estimate of drug-likeness (QED) is 0.833. The van der Waals surface area contributed by atoms with Gasteiger partial charge in [0.1, 0.15) is 0 Å². The number of hydrogen-bond acceptors (Lipinski definition) is 2. The van der Waals surface area contributed by atoms with Crippen molar-refractivity contribution in [2.45, 2.75) is 31.3 Å².